The number of halogens is 1. The normalized spacial score (nSPS) is 10.0. The van der Waals surface area contributed by atoms with Gasteiger partial charge in [0.1, 0.15) is 6.29 Å². The van der Waals surface area contributed by atoms with Gasteiger partial charge in [-0.15, -0.1) is 0 Å². The van der Waals surface area contributed by atoms with Crippen LogP contribution in [0.5, 0.6) is 0 Å². The van der Waals surface area contributed by atoms with E-state index in [1.165, 1.54) is 23.1 Å². The third-order valence-electron chi connectivity index (χ3n) is 2.58. The Morgan fingerprint density at radius 3 is 2.74 bits per heavy atom. The number of nitrogens with zero attached hydrogens (tertiary/aromatic N) is 2. The monoisotopic (exact) mass is 328 g/mol. The molecule has 0 spiro atoms. The van der Waals surface area contributed by atoms with Crippen molar-refractivity contribution in [2.75, 3.05) is 13.1 Å². The Bertz CT molecular complexity index is 505. The standard InChI is InChI=1S/C12H13BrN2O4/c1-2-14(6-3-7-16)12(17)10-8-9(15(18)19)4-5-11(10)13/h4-5,7-8H,2-3,6H2,1H3. The molecular formula is C12H13BrN2O4. The number of nitro groups is 1. The van der Waals surface area contributed by atoms with Crippen molar-refractivity contribution in [2.24, 2.45) is 0 Å². The minimum absolute atomic E-state index is 0.141. The second-order valence-electron chi connectivity index (χ2n) is 3.76. The Balaban J connectivity index is 3.05. The van der Waals surface area contributed by atoms with E-state index in [0.717, 1.165) is 6.29 Å². The summed E-state index contributed by atoms with van der Waals surface area (Å²) in [7, 11) is 0. The minimum atomic E-state index is -0.551. The first-order valence-corrected chi connectivity index (χ1v) is 6.47. The van der Waals surface area contributed by atoms with Crippen molar-refractivity contribution in [3.8, 4) is 0 Å². The highest BCUT2D eigenvalue weighted by Gasteiger charge is 2.19. The quantitative estimate of drug-likeness (QED) is 0.456. The number of aldehydes is 1. The van der Waals surface area contributed by atoms with Gasteiger partial charge in [0, 0.05) is 36.1 Å². The zero-order valence-corrected chi connectivity index (χ0v) is 11.9. The Morgan fingerprint density at radius 2 is 2.21 bits per heavy atom. The van der Waals surface area contributed by atoms with Crippen LogP contribution in [0.2, 0.25) is 0 Å². The summed E-state index contributed by atoms with van der Waals surface area (Å²) in [5.41, 5.74) is 0.0833. The van der Waals surface area contributed by atoms with Crippen molar-refractivity contribution >= 4 is 33.8 Å². The molecule has 1 amide bonds. The molecule has 0 unspecified atom stereocenters. The van der Waals surface area contributed by atoms with Crippen molar-refractivity contribution in [1.29, 1.82) is 0 Å². The number of carbonyl (C=O) groups excluding carboxylic acids is 2. The van der Waals surface area contributed by atoms with Crippen molar-refractivity contribution < 1.29 is 14.5 Å². The second-order valence-corrected chi connectivity index (χ2v) is 4.62. The molecule has 0 atom stereocenters. The average molecular weight is 329 g/mol. The molecule has 0 saturated carbocycles. The van der Waals surface area contributed by atoms with Crippen LogP contribution >= 0.6 is 15.9 Å². The SMILES string of the molecule is CCN(CCC=O)C(=O)c1cc([N+](=O)[O-])ccc1Br. The lowest BCUT2D eigenvalue weighted by Crippen LogP contribution is -2.32. The molecule has 0 fully saturated rings. The van der Waals surface area contributed by atoms with E-state index in [1.807, 2.05) is 0 Å². The van der Waals surface area contributed by atoms with E-state index in [0.29, 0.717) is 17.6 Å². The van der Waals surface area contributed by atoms with Gasteiger partial charge in [-0.1, -0.05) is 0 Å². The summed E-state index contributed by atoms with van der Waals surface area (Å²) in [5.74, 6) is -0.333. The molecule has 0 saturated heterocycles. The molecular weight excluding hydrogens is 316 g/mol. The highest BCUT2D eigenvalue weighted by molar-refractivity contribution is 9.10. The summed E-state index contributed by atoms with van der Waals surface area (Å²) in [6.07, 6.45) is 0.977. The van der Waals surface area contributed by atoms with E-state index in [-0.39, 0.29) is 23.6 Å². The van der Waals surface area contributed by atoms with Gasteiger partial charge in [0.2, 0.25) is 0 Å². The second kappa shape index (κ2) is 6.98. The van der Waals surface area contributed by atoms with Gasteiger partial charge in [-0.25, -0.2) is 0 Å². The van der Waals surface area contributed by atoms with Gasteiger partial charge >= 0.3 is 0 Å². The van der Waals surface area contributed by atoms with Crippen molar-refractivity contribution in [3.63, 3.8) is 0 Å². The molecule has 0 aromatic heterocycles. The van der Waals surface area contributed by atoms with E-state index in [1.54, 1.807) is 6.92 Å². The lowest BCUT2D eigenvalue weighted by Gasteiger charge is -2.20. The number of non-ortho nitro benzene ring substituents is 1. The van der Waals surface area contributed by atoms with Crippen LogP contribution in [0.3, 0.4) is 0 Å². The molecule has 0 aliphatic carbocycles. The summed E-state index contributed by atoms with van der Waals surface area (Å²) in [6, 6.07) is 4.03. The Morgan fingerprint density at radius 1 is 1.53 bits per heavy atom. The van der Waals surface area contributed by atoms with E-state index in [9.17, 15) is 19.7 Å². The van der Waals surface area contributed by atoms with E-state index >= 15 is 0 Å². The molecule has 1 rings (SSSR count). The lowest BCUT2D eigenvalue weighted by molar-refractivity contribution is -0.384. The number of nitro benzene ring substituents is 1. The van der Waals surface area contributed by atoms with Gasteiger partial charge in [-0.2, -0.15) is 0 Å². The fourth-order valence-corrected chi connectivity index (χ4v) is 1.99. The lowest BCUT2D eigenvalue weighted by atomic mass is 10.1. The molecule has 102 valence electrons. The number of carbonyl (C=O) groups is 2. The largest absolute Gasteiger partial charge is 0.338 e. The molecule has 0 radical (unpaired) electrons. The van der Waals surface area contributed by atoms with Crippen LogP contribution in [0, 0.1) is 10.1 Å². The first-order valence-electron chi connectivity index (χ1n) is 5.68. The number of benzene rings is 1. The molecule has 19 heavy (non-hydrogen) atoms. The third kappa shape index (κ3) is 3.85. The van der Waals surface area contributed by atoms with Crippen LogP contribution in [0.4, 0.5) is 5.69 Å². The summed E-state index contributed by atoms with van der Waals surface area (Å²) in [6.45, 7) is 2.52. The predicted molar refractivity (Wildman–Crippen MR) is 73.1 cm³/mol. The van der Waals surface area contributed by atoms with Crippen molar-refractivity contribution in [2.45, 2.75) is 13.3 Å². The Hall–Kier alpha value is -1.76. The molecule has 1 aromatic rings. The van der Waals surface area contributed by atoms with Crippen LogP contribution in [-0.2, 0) is 4.79 Å². The number of hydrogen-bond donors (Lipinski definition) is 0. The average Bonchev–Trinajstić information content (AvgIpc) is 2.39. The maximum atomic E-state index is 12.2. The van der Waals surface area contributed by atoms with Crippen LogP contribution < -0.4 is 0 Å². The smallest absolute Gasteiger partial charge is 0.270 e. The van der Waals surface area contributed by atoms with Crippen LogP contribution in [0.25, 0.3) is 0 Å². The fourth-order valence-electron chi connectivity index (χ4n) is 1.57. The Kier molecular flexibility index (Phi) is 5.62. The maximum Gasteiger partial charge on any atom is 0.270 e. The fraction of sp³-hybridized carbons (Fsp3) is 0.333. The van der Waals surface area contributed by atoms with Gasteiger partial charge < -0.3 is 9.69 Å². The number of hydrogen-bond acceptors (Lipinski definition) is 4. The van der Waals surface area contributed by atoms with Gasteiger partial charge in [0.25, 0.3) is 11.6 Å². The van der Waals surface area contributed by atoms with Gasteiger partial charge in [0.15, 0.2) is 0 Å². The summed E-state index contributed by atoms with van der Waals surface area (Å²) in [5, 5.41) is 10.7. The third-order valence-corrected chi connectivity index (χ3v) is 3.27. The van der Waals surface area contributed by atoms with E-state index in [2.05, 4.69) is 15.9 Å². The molecule has 0 bridgehead atoms. The van der Waals surface area contributed by atoms with E-state index in [4.69, 9.17) is 0 Å². The Labute approximate surface area is 118 Å². The minimum Gasteiger partial charge on any atom is -0.338 e. The number of rotatable bonds is 6. The molecule has 7 heteroatoms. The summed E-state index contributed by atoms with van der Waals surface area (Å²) in [4.78, 5) is 34.2. The molecule has 1 aromatic carbocycles. The first kappa shape index (κ1) is 15.3. The van der Waals surface area contributed by atoms with Gasteiger partial charge in [0.05, 0.1) is 10.5 Å². The zero-order valence-electron chi connectivity index (χ0n) is 10.3. The molecule has 0 N–H and O–H groups in total. The van der Waals surface area contributed by atoms with Crippen molar-refractivity contribution in [3.05, 3.63) is 38.3 Å². The van der Waals surface area contributed by atoms with Gasteiger partial charge in [-0.3, -0.25) is 14.9 Å². The number of amides is 1. The highest BCUT2D eigenvalue weighted by atomic mass is 79.9. The summed E-state index contributed by atoms with van der Waals surface area (Å²) < 4.78 is 0.493. The molecule has 0 aliphatic heterocycles. The van der Waals surface area contributed by atoms with Crippen LogP contribution in [-0.4, -0.2) is 35.1 Å². The molecule has 6 nitrogen and oxygen atoms in total. The first-order chi connectivity index (χ1) is 9.01. The molecule has 0 aliphatic rings. The summed E-state index contributed by atoms with van der Waals surface area (Å²) >= 11 is 3.21. The van der Waals surface area contributed by atoms with Gasteiger partial charge in [-0.05, 0) is 28.9 Å². The predicted octanol–water partition coefficient (Wildman–Crippen LogP) is 2.41. The van der Waals surface area contributed by atoms with Crippen LogP contribution in [0.1, 0.15) is 23.7 Å². The van der Waals surface area contributed by atoms with Crippen LogP contribution in [0.15, 0.2) is 22.7 Å². The van der Waals surface area contributed by atoms with Crippen molar-refractivity contribution in [1.82, 2.24) is 4.90 Å². The highest BCUT2D eigenvalue weighted by Crippen LogP contribution is 2.23. The zero-order chi connectivity index (χ0) is 14.4. The molecule has 0 heterocycles. The topological polar surface area (TPSA) is 80.5 Å². The maximum absolute atomic E-state index is 12.2. The van der Waals surface area contributed by atoms with E-state index < -0.39 is 4.92 Å².